The predicted molar refractivity (Wildman–Crippen MR) is 80.9 cm³/mol. The quantitative estimate of drug-likeness (QED) is 0.921. The summed E-state index contributed by atoms with van der Waals surface area (Å²) in [7, 11) is 0. The van der Waals surface area contributed by atoms with Crippen LogP contribution in [-0.2, 0) is 19.5 Å². The van der Waals surface area contributed by atoms with Gasteiger partial charge in [-0.15, -0.1) is 0 Å². The zero-order valence-electron chi connectivity index (χ0n) is 11.1. The van der Waals surface area contributed by atoms with Crippen LogP contribution in [-0.4, -0.2) is 9.78 Å². The van der Waals surface area contributed by atoms with E-state index < -0.39 is 0 Å². The topological polar surface area (TPSA) is 43.8 Å². The van der Waals surface area contributed by atoms with Crippen LogP contribution >= 0.6 is 15.9 Å². The molecule has 2 aromatic rings. The van der Waals surface area contributed by atoms with Crippen LogP contribution in [0, 0.1) is 6.92 Å². The van der Waals surface area contributed by atoms with Crippen molar-refractivity contribution in [3.63, 3.8) is 0 Å². The van der Waals surface area contributed by atoms with Gasteiger partial charge in [-0.05, 0) is 49.4 Å². The van der Waals surface area contributed by atoms with E-state index in [-0.39, 0.29) is 0 Å². The van der Waals surface area contributed by atoms with E-state index in [2.05, 4.69) is 50.8 Å². The zero-order chi connectivity index (χ0) is 13.4. The van der Waals surface area contributed by atoms with Crippen molar-refractivity contribution in [2.24, 2.45) is 5.73 Å². The molecule has 2 heterocycles. The van der Waals surface area contributed by atoms with Gasteiger partial charge in [0.1, 0.15) is 0 Å². The van der Waals surface area contributed by atoms with Gasteiger partial charge in [-0.25, -0.2) is 0 Å². The summed E-state index contributed by atoms with van der Waals surface area (Å²) in [6.07, 6.45) is 3.58. The average molecular weight is 320 g/mol. The van der Waals surface area contributed by atoms with E-state index >= 15 is 0 Å². The molecule has 3 rings (SSSR count). The molecule has 2 N–H and O–H groups in total. The summed E-state index contributed by atoms with van der Waals surface area (Å²) in [4.78, 5) is 0. The van der Waals surface area contributed by atoms with Crippen LogP contribution < -0.4 is 5.73 Å². The molecule has 3 nitrogen and oxygen atoms in total. The number of hydrogen-bond acceptors (Lipinski definition) is 2. The van der Waals surface area contributed by atoms with E-state index in [1.54, 1.807) is 0 Å². The van der Waals surface area contributed by atoms with E-state index in [9.17, 15) is 0 Å². The average Bonchev–Trinajstić information content (AvgIpc) is 2.77. The number of rotatable bonds is 2. The molecule has 0 saturated heterocycles. The van der Waals surface area contributed by atoms with Crippen LogP contribution in [0.3, 0.4) is 0 Å². The number of halogens is 1. The van der Waals surface area contributed by atoms with Crippen LogP contribution in [0.4, 0.5) is 0 Å². The van der Waals surface area contributed by atoms with Gasteiger partial charge in [-0.1, -0.05) is 22.0 Å². The highest BCUT2D eigenvalue weighted by Gasteiger charge is 2.21. The molecule has 0 amide bonds. The van der Waals surface area contributed by atoms with Crippen LogP contribution in [0.1, 0.15) is 29.8 Å². The molecule has 1 aromatic heterocycles. The number of fused-ring (bicyclic) bond motifs is 1. The standard InChI is InChI=1S/C15H18BrN3/c1-10-8-11(16)5-6-12(10)15-13(9-17)18-19-7-3-2-4-14(15)19/h5-6,8H,2-4,7,9,17H2,1H3. The van der Waals surface area contributed by atoms with E-state index in [0.717, 1.165) is 23.1 Å². The monoisotopic (exact) mass is 319 g/mol. The highest BCUT2D eigenvalue weighted by atomic mass is 79.9. The molecule has 0 fully saturated rings. The lowest BCUT2D eigenvalue weighted by Gasteiger charge is -2.15. The van der Waals surface area contributed by atoms with Crippen molar-refractivity contribution in [3.8, 4) is 11.1 Å². The smallest absolute Gasteiger partial charge is 0.0841 e. The second-order valence-corrected chi connectivity index (χ2v) is 6.03. The number of hydrogen-bond donors (Lipinski definition) is 1. The Kier molecular flexibility index (Phi) is 3.46. The Bertz CT molecular complexity index is 616. The van der Waals surface area contributed by atoms with Gasteiger partial charge in [-0.3, -0.25) is 4.68 Å². The third-order valence-corrected chi connectivity index (χ3v) is 4.31. The van der Waals surface area contributed by atoms with E-state index in [0.29, 0.717) is 6.54 Å². The summed E-state index contributed by atoms with van der Waals surface area (Å²) in [5.74, 6) is 0. The number of aromatic nitrogens is 2. The van der Waals surface area contributed by atoms with Gasteiger partial charge < -0.3 is 5.73 Å². The van der Waals surface area contributed by atoms with Crippen LogP contribution in [0.15, 0.2) is 22.7 Å². The minimum absolute atomic E-state index is 0.505. The van der Waals surface area contributed by atoms with Crippen LogP contribution in [0.5, 0.6) is 0 Å². The molecule has 100 valence electrons. The molecule has 0 spiro atoms. The van der Waals surface area contributed by atoms with Crippen molar-refractivity contribution in [3.05, 3.63) is 39.6 Å². The fourth-order valence-electron chi connectivity index (χ4n) is 2.91. The third kappa shape index (κ3) is 2.23. The molecule has 0 atom stereocenters. The van der Waals surface area contributed by atoms with Gasteiger partial charge >= 0.3 is 0 Å². The Morgan fingerprint density at radius 3 is 2.95 bits per heavy atom. The minimum Gasteiger partial charge on any atom is -0.325 e. The van der Waals surface area contributed by atoms with Gasteiger partial charge in [0.25, 0.3) is 0 Å². The van der Waals surface area contributed by atoms with Crippen molar-refractivity contribution in [2.75, 3.05) is 0 Å². The fraction of sp³-hybridized carbons (Fsp3) is 0.400. The third-order valence-electron chi connectivity index (χ3n) is 3.81. The maximum atomic E-state index is 5.89. The van der Waals surface area contributed by atoms with Crippen molar-refractivity contribution < 1.29 is 0 Å². The lowest BCUT2D eigenvalue weighted by Crippen LogP contribution is -2.11. The van der Waals surface area contributed by atoms with Gasteiger partial charge in [-0.2, -0.15) is 5.10 Å². The highest BCUT2D eigenvalue weighted by molar-refractivity contribution is 9.10. The first kappa shape index (κ1) is 12.9. The van der Waals surface area contributed by atoms with E-state index in [1.807, 2.05) is 0 Å². The first-order valence-electron chi connectivity index (χ1n) is 6.76. The summed E-state index contributed by atoms with van der Waals surface area (Å²) in [6.45, 7) is 3.68. The van der Waals surface area contributed by atoms with Gasteiger partial charge in [0.05, 0.1) is 5.69 Å². The molecule has 0 saturated carbocycles. The summed E-state index contributed by atoms with van der Waals surface area (Å²) in [6, 6.07) is 6.42. The summed E-state index contributed by atoms with van der Waals surface area (Å²) >= 11 is 3.52. The van der Waals surface area contributed by atoms with E-state index in [4.69, 9.17) is 5.73 Å². The summed E-state index contributed by atoms with van der Waals surface area (Å²) in [5, 5.41) is 4.69. The molecule has 1 aromatic carbocycles. The van der Waals surface area contributed by atoms with Crippen molar-refractivity contribution in [1.29, 1.82) is 0 Å². The van der Waals surface area contributed by atoms with Gasteiger partial charge in [0.15, 0.2) is 0 Å². The van der Waals surface area contributed by atoms with Crippen molar-refractivity contribution in [1.82, 2.24) is 9.78 Å². The van der Waals surface area contributed by atoms with Gasteiger partial charge in [0.2, 0.25) is 0 Å². The SMILES string of the molecule is Cc1cc(Br)ccc1-c1c(CN)nn2c1CCCC2. The molecular formula is C15H18BrN3. The molecule has 1 aliphatic heterocycles. The lowest BCUT2D eigenvalue weighted by atomic mass is 9.95. The summed E-state index contributed by atoms with van der Waals surface area (Å²) < 4.78 is 3.27. The van der Waals surface area contributed by atoms with Crippen molar-refractivity contribution in [2.45, 2.75) is 39.3 Å². The first-order valence-corrected chi connectivity index (χ1v) is 7.55. The summed E-state index contributed by atoms with van der Waals surface area (Å²) in [5.41, 5.74) is 12.1. The van der Waals surface area contributed by atoms with Gasteiger partial charge in [0, 0.05) is 28.8 Å². The van der Waals surface area contributed by atoms with E-state index in [1.165, 1.54) is 35.2 Å². The Morgan fingerprint density at radius 2 is 2.21 bits per heavy atom. The molecule has 0 unspecified atom stereocenters. The van der Waals surface area contributed by atoms with Crippen LogP contribution in [0.25, 0.3) is 11.1 Å². The largest absolute Gasteiger partial charge is 0.325 e. The second-order valence-electron chi connectivity index (χ2n) is 5.11. The zero-order valence-corrected chi connectivity index (χ0v) is 12.7. The number of benzene rings is 1. The maximum Gasteiger partial charge on any atom is 0.0841 e. The molecular weight excluding hydrogens is 302 g/mol. The molecule has 19 heavy (non-hydrogen) atoms. The Morgan fingerprint density at radius 1 is 1.37 bits per heavy atom. The molecule has 0 bridgehead atoms. The number of nitrogens with two attached hydrogens (primary N) is 1. The Labute approximate surface area is 121 Å². The first-order chi connectivity index (χ1) is 9.20. The molecule has 0 radical (unpaired) electrons. The van der Waals surface area contributed by atoms with Crippen LogP contribution in [0.2, 0.25) is 0 Å². The lowest BCUT2D eigenvalue weighted by molar-refractivity contribution is 0.484. The number of aryl methyl sites for hydroxylation is 2. The second kappa shape index (κ2) is 5.10. The normalized spacial score (nSPS) is 14.5. The minimum atomic E-state index is 0.505. The molecule has 1 aliphatic rings. The maximum absolute atomic E-state index is 5.89. The fourth-order valence-corrected chi connectivity index (χ4v) is 3.38. The molecule has 4 heteroatoms. The Hall–Kier alpha value is -1.13. The Balaban J connectivity index is 2.20. The highest BCUT2D eigenvalue weighted by Crippen LogP contribution is 2.34. The van der Waals surface area contributed by atoms with Crippen molar-refractivity contribution >= 4 is 15.9 Å². The number of nitrogens with zero attached hydrogens (tertiary/aromatic N) is 2. The predicted octanol–water partition coefficient (Wildman–Crippen LogP) is 3.42. The molecule has 0 aliphatic carbocycles.